The summed E-state index contributed by atoms with van der Waals surface area (Å²) in [6, 6.07) is 14.2. The van der Waals surface area contributed by atoms with E-state index < -0.39 is 0 Å². The van der Waals surface area contributed by atoms with Gasteiger partial charge in [-0.2, -0.15) is 5.10 Å². The van der Waals surface area contributed by atoms with E-state index in [-0.39, 0.29) is 5.91 Å². The second-order valence-electron chi connectivity index (χ2n) is 4.47. The highest BCUT2D eigenvalue weighted by Gasteiger charge is 2.06. The fourth-order valence-corrected chi connectivity index (χ4v) is 1.92. The van der Waals surface area contributed by atoms with Gasteiger partial charge >= 0.3 is 0 Å². The van der Waals surface area contributed by atoms with Crippen LogP contribution in [0.5, 0.6) is 0 Å². The van der Waals surface area contributed by atoms with E-state index in [1.807, 2.05) is 12.1 Å². The summed E-state index contributed by atoms with van der Waals surface area (Å²) in [6.45, 7) is 0. The molecule has 0 saturated heterocycles. The van der Waals surface area contributed by atoms with Crippen LogP contribution in [-0.2, 0) is 0 Å². The molecule has 0 radical (unpaired) electrons. The topological polar surface area (TPSA) is 85.8 Å². The number of carbonyl (C=O) groups excluding carboxylic acids is 1. The summed E-state index contributed by atoms with van der Waals surface area (Å²) in [4.78, 5) is 16.0. The summed E-state index contributed by atoms with van der Waals surface area (Å²) in [7, 11) is 0. The van der Waals surface area contributed by atoms with Crippen molar-refractivity contribution in [2.45, 2.75) is 0 Å². The first-order chi connectivity index (χ1) is 10.2. The minimum absolute atomic E-state index is 0.198. The number of hydrogen-bond acceptors (Lipinski definition) is 4. The normalized spacial score (nSPS) is 10.3. The van der Waals surface area contributed by atoms with Crippen molar-refractivity contribution in [3.63, 3.8) is 0 Å². The molecule has 0 atom stereocenters. The SMILES string of the molecule is Nc1cccc(C(=O)Nc2ccc(-n3cncn3)cc2)c1. The minimum Gasteiger partial charge on any atom is -0.399 e. The molecule has 21 heavy (non-hydrogen) atoms. The zero-order chi connectivity index (χ0) is 14.7. The highest BCUT2D eigenvalue weighted by molar-refractivity contribution is 6.04. The molecule has 1 heterocycles. The standard InChI is InChI=1S/C15H13N5O/c16-12-3-1-2-11(8-12)15(21)19-13-4-6-14(7-5-13)20-10-17-9-18-20/h1-10H,16H2,(H,19,21). The van der Waals surface area contributed by atoms with E-state index in [4.69, 9.17) is 5.73 Å². The molecule has 6 nitrogen and oxygen atoms in total. The maximum absolute atomic E-state index is 12.1. The van der Waals surface area contributed by atoms with Crippen molar-refractivity contribution >= 4 is 17.3 Å². The molecule has 104 valence electrons. The molecular formula is C15H13N5O. The van der Waals surface area contributed by atoms with Gasteiger partial charge in [-0.3, -0.25) is 4.79 Å². The van der Waals surface area contributed by atoms with Gasteiger partial charge in [0.25, 0.3) is 5.91 Å². The molecule has 0 aliphatic heterocycles. The number of rotatable bonds is 3. The Balaban J connectivity index is 1.75. The van der Waals surface area contributed by atoms with Gasteiger partial charge in [0.05, 0.1) is 5.69 Å². The minimum atomic E-state index is -0.198. The Labute approximate surface area is 121 Å². The van der Waals surface area contributed by atoms with Gasteiger partial charge in [0, 0.05) is 16.9 Å². The summed E-state index contributed by atoms with van der Waals surface area (Å²) in [5.74, 6) is -0.198. The fraction of sp³-hybridized carbons (Fsp3) is 0. The number of carbonyl (C=O) groups is 1. The van der Waals surface area contributed by atoms with Crippen LogP contribution >= 0.6 is 0 Å². The maximum Gasteiger partial charge on any atom is 0.255 e. The van der Waals surface area contributed by atoms with E-state index in [2.05, 4.69) is 15.4 Å². The Hall–Kier alpha value is -3.15. The zero-order valence-electron chi connectivity index (χ0n) is 11.1. The number of anilines is 2. The van der Waals surface area contributed by atoms with Crippen LogP contribution in [0.25, 0.3) is 5.69 Å². The zero-order valence-corrected chi connectivity index (χ0v) is 11.1. The summed E-state index contributed by atoms with van der Waals surface area (Å²) in [5.41, 5.74) is 8.32. The highest BCUT2D eigenvalue weighted by atomic mass is 16.1. The van der Waals surface area contributed by atoms with Gasteiger partial charge < -0.3 is 11.1 Å². The number of nitrogens with one attached hydrogen (secondary N) is 1. The molecule has 0 unspecified atom stereocenters. The predicted octanol–water partition coefficient (Wildman–Crippen LogP) is 2.10. The van der Waals surface area contributed by atoms with Gasteiger partial charge in [-0.25, -0.2) is 9.67 Å². The summed E-state index contributed by atoms with van der Waals surface area (Å²) in [6.07, 6.45) is 3.08. The van der Waals surface area contributed by atoms with Gasteiger partial charge in [0.15, 0.2) is 0 Å². The van der Waals surface area contributed by atoms with Crippen LogP contribution in [-0.4, -0.2) is 20.7 Å². The van der Waals surface area contributed by atoms with E-state index >= 15 is 0 Å². The van der Waals surface area contributed by atoms with Crippen LogP contribution in [0.4, 0.5) is 11.4 Å². The van der Waals surface area contributed by atoms with E-state index in [9.17, 15) is 4.79 Å². The van der Waals surface area contributed by atoms with E-state index in [0.29, 0.717) is 16.9 Å². The fourth-order valence-electron chi connectivity index (χ4n) is 1.92. The molecular weight excluding hydrogens is 266 g/mol. The molecule has 3 N–H and O–H groups in total. The van der Waals surface area contributed by atoms with Crippen molar-refractivity contribution < 1.29 is 4.79 Å². The number of hydrogen-bond donors (Lipinski definition) is 2. The monoisotopic (exact) mass is 279 g/mol. The van der Waals surface area contributed by atoms with Gasteiger partial charge in [-0.1, -0.05) is 6.07 Å². The second kappa shape index (κ2) is 5.46. The Morgan fingerprint density at radius 3 is 2.62 bits per heavy atom. The predicted molar refractivity (Wildman–Crippen MR) is 80.2 cm³/mol. The molecule has 0 aliphatic carbocycles. The first kappa shape index (κ1) is 12.9. The lowest BCUT2D eigenvalue weighted by molar-refractivity contribution is 0.102. The molecule has 6 heteroatoms. The summed E-state index contributed by atoms with van der Waals surface area (Å²) >= 11 is 0. The molecule has 1 aromatic heterocycles. The van der Waals surface area contributed by atoms with Crippen LogP contribution in [0, 0.1) is 0 Å². The molecule has 3 rings (SSSR count). The Kier molecular flexibility index (Phi) is 3.34. The molecule has 0 bridgehead atoms. The van der Waals surface area contributed by atoms with Gasteiger partial charge in [-0.15, -0.1) is 0 Å². The summed E-state index contributed by atoms with van der Waals surface area (Å²) < 4.78 is 1.64. The van der Waals surface area contributed by atoms with Crippen LogP contribution in [0.15, 0.2) is 61.2 Å². The van der Waals surface area contributed by atoms with E-state index in [1.165, 1.54) is 6.33 Å². The third kappa shape index (κ3) is 2.89. The molecule has 0 spiro atoms. The Bertz CT molecular complexity index is 750. The molecule has 2 aromatic carbocycles. The van der Waals surface area contributed by atoms with E-state index in [1.54, 1.807) is 47.4 Å². The first-order valence-corrected chi connectivity index (χ1v) is 6.34. The van der Waals surface area contributed by atoms with Gasteiger partial charge in [0.2, 0.25) is 0 Å². The molecule has 0 aliphatic rings. The lowest BCUT2D eigenvalue weighted by Crippen LogP contribution is -2.12. The largest absolute Gasteiger partial charge is 0.399 e. The molecule has 3 aromatic rings. The number of amides is 1. The Morgan fingerprint density at radius 1 is 1.14 bits per heavy atom. The number of nitrogens with zero attached hydrogens (tertiary/aromatic N) is 3. The maximum atomic E-state index is 12.1. The van der Waals surface area contributed by atoms with Crippen LogP contribution < -0.4 is 11.1 Å². The van der Waals surface area contributed by atoms with Crippen molar-refractivity contribution in [3.8, 4) is 5.69 Å². The van der Waals surface area contributed by atoms with Gasteiger partial charge in [-0.05, 0) is 42.5 Å². The second-order valence-corrected chi connectivity index (χ2v) is 4.47. The molecule has 1 amide bonds. The molecule has 0 fully saturated rings. The lowest BCUT2D eigenvalue weighted by Gasteiger charge is -2.07. The van der Waals surface area contributed by atoms with Crippen LogP contribution in [0.3, 0.4) is 0 Å². The van der Waals surface area contributed by atoms with Crippen LogP contribution in [0.2, 0.25) is 0 Å². The number of aromatic nitrogens is 3. The van der Waals surface area contributed by atoms with Crippen LogP contribution in [0.1, 0.15) is 10.4 Å². The Morgan fingerprint density at radius 2 is 1.95 bits per heavy atom. The number of nitrogens with two attached hydrogens (primary N) is 1. The highest BCUT2D eigenvalue weighted by Crippen LogP contribution is 2.14. The average molecular weight is 279 g/mol. The smallest absolute Gasteiger partial charge is 0.255 e. The van der Waals surface area contributed by atoms with Crippen molar-refractivity contribution in [3.05, 3.63) is 66.7 Å². The third-order valence-corrected chi connectivity index (χ3v) is 2.96. The van der Waals surface area contributed by atoms with Crippen molar-refractivity contribution in [1.29, 1.82) is 0 Å². The lowest BCUT2D eigenvalue weighted by atomic mass is 10.2. The van der Waals surface area contributed by atoms with Gasteiger partial charge in [0.1, 0.15) is 12.7 Å². The van der Waals surface area contributed by atoms with Crippen molar-refractivity contribution in [2.75, 3.05) is 11.1 Å². The summed E-state index contributed by atoms with van der Waals surface area (Å²) in [5, 5.41) is 6.86. The number of benzene rings is 2. The van der Waals surface area contributed by atoms with E-state index in [0.717, 1.165) is 5.69 Å². The van der Waals surface area contributed by atoms with Crippen molar-refractivity contribution in [1.82, 2.24) is 14.8 Å². The number of nitrogen functional groups attached to an aromatic ring is 1. The average Bonchev–Trinajstić information content (AvgIpc) is 3.02. The van der Waals surface area contributed by atoms with Crippen molar-refractivity contribution in [2.24, 2.45) is 0 Å². The molecule has 0 saturated carbocycles. The quantitative estimate of drug-likeness (QED) is 0.719. The third-order valence-electron chi connectivity index (χ3n) is 2.96. The first-order valence-electron chi connectivity index (χ1n) is 6.34.